The monoisotopic (exact) mass is 296 g/mol. The summed E-state index contributed by atoms with van der Waals surface area (Å²) in [4.78, 5) is 22.9. The van der Waals surface area contributed by atoms with Crippen LogP contribution in [0.2, 0.25) is 0 Å². The Morgan fingerprint density at radius 2 is 2.05 bits per heavy atom. The smallest absolute Gasteiger partial charge is 0.270 e. The summed E-state index contributed by atoms with van der Waals surface area (Å²) in [6.45, 7) is 3.57. The first-order chi connectivity index (χ1) is 10.8. The summed E-state index contributed by atoms with van der Waals surface area (Å²) >= 11 is 0. The first-order valence-electron chi connectivity index (χ1n) is 7.69. The summed E-state index contributed by atoms with van der Waals surface area (Å²) in [5.41, 5.74) is 1.63. The molecule has 1 fully saturated rings. The second-order valence-electron chi connectivity index (χ2n) is 5.49. The van der Waals surface area contributed by atoms with Gasteiger partial charge in [-0.05, 0) is 31.4 Å². The van der Waals surface area contributed by atoms with Crippen molar-refractivity contribution in [2.45, 2.75) is 32.4 Å². The number of hydrogen-bond acceptors (Lipinski definition) is 4. The molecule has 114 valence electrons. The minimum Gasteiger partial charge on any atom is -0.348 e. The normalized spacial score (nSPS) is 13.7. The van der Waals surface area contributed by atoms with Gasteiger partial charge in [0.2, 0.25) is 5.95 Å². The van der Waals surface area contributed by atoms with Crippen LogP contribution in [0.4, 0.5) is 5.95 Å². The Bertz CT molecular complexity index is 640. The van der Waals surface area contributed by atoms with Gasteiger partial charge in [-0.25, -0.2) is 9.97 Å². The van der Waals surface area contributed by atoms with Crippen molar-refractivity contribution >= 4 is 11.9 Å². The quantitative estimate of drug-likeness (QED) is 0.889. The average molecular weight is 296 g/mol. The fraction of sp³-hybridized carbons (Fsp3) is 0.353. The molecule has 0 saturated heterocycles. The van der Waals surface area contributed by atoms with E-state index >= 15 is 0 Å². The minimum atomic E-state index is -0.109. The van der Waals surface area contributed by atoms with Crippen molar-refractivity contribution in [2.24, 2.45) is 0 Å². The van der Waals surface area contributed by atoms with Gasteiger partial charge in [-0.2, -0.15) is 0 Å². The number of rotatable bonds is 6. The van der Waals surface area contributed by atoms with Gasteiger partial charge in [0.05, 0.1) is 0 Å². The molecule has 0 radical (unpaired) electrons. The molecular weight excluding hydrogens is 276 g/mol. The summed E-state index contributed by atoms with van der Waals surface area (Å²) in [6, 6.07) is 12.2. The third-order valence-electron chi connectivity index (χ3n) is 3.67. The van der Waals surface area contributed by atoms with Crippen molar-refractivity contribution < 1.29 is 4.79 Å². The number of carbonyl (C=O) groups excluding carboxylic acids is 1. The van der Waals surface area contributed by atoms with E-state index in [0.717, 1.165) is 25.9 Å². The average Bonchev–Trinajstić information content (AvgIpc) is 3.37. The maximum atomic E-state index is 12.1. The van der Waals surface area contributed by atoms with Gasteiger partial charge in [-0.3, -0.25) is 4.79 Å². The van der Waals surface area contributed by atoms with Crippen molar-refractivity contribution in [1.82, 2.24) is 15.3 Å². The largest absolute Gasteiger partial charge is 0.348 e. The molecule has 1 aliphatic rings. The van der Waals surface area contributed by atoms with E-state index < -0.39 is 0 Å². The van der Waals surface area contributed by atoms with Crippen LogP contribution in [0.15, 0.2) is 42.6 Å². The second kappa shape index (κ2) is 6.56. The van der Waals surface area contributed by atoms with Gasteiger partial charge in [0.1, 0.15) is 5.69 Å². The number of hydrogen-bond donors (Lipinski definition) is 1. The Morgan fingerprint density at radius 3 is 2.73 bits per heavy atom. The van der Waals surface area contributed by atoms with E-state index in [4.69, 9.17) is 0 Å². The van der Waals surface area contributed by atoms with Crippen LogP contribution in [0.1, 0.15) is 35.8 Å². The summed E-state index contributed by atoms with van der Waals surface area (Å²) in [6.07, 6.45) is 3.79. The highest BCUT2D eigenvalue weighted by molar-refractivity contribution is 5.92. The lowest BCUT2D eigenvalue weighted by molar-refractivity contribution is 0.0946. The van der Waals surface area contributed by atoms with Crippen LogP contribution < -0.4 is 10.2 Å². The van der Waals surface area contributed by atoms with Crippen LogP contribution in [0, 0.1) is 0 Å². The molecule has 0 bridgehead atoms. The van der Waals surface area contributed by atoms with Gasteiger partial charge in [0.25, 0.3) is 5.91 Å². The predicted molar refractivity (Wildman–Crippen MR) is 85.7 cm³/mol. The molecular formula is C17H20N4O. The zero-order valence-corrected chi connectivity index (χ0v) is 12.7. The molecule has 1 aliphatic carbocycles. The molecule has 0 aliphatic heterocycles. The van der Waals surface area contributed by atoms with Crippen LogP contribution in [0.25, 0.3) is 0 Å². The molecule has 5 nitrogen and oxygen atoms in total. The zero-order chi connectivity index (χ0) is 15.4. The number of amides is 1. The third-order valence-corrected chi connectivity index (χ3v) is 3.67. The highest BCUT2D eigenvalue weighted by Gasteiger charge is 2.24. The standard InChI is InChI=1S/C17H20N4O/c1-2-21(12-13-6-4-3-5-7-13)17-18-11-10-15(20-17)16(22)19-14-8-9-14/h3-7,10-11,14H,2,8-9,12H2,1H3,(H,19,22). The summed E-state index contributed by atoms with van der Waals surface area (Å²) in [7, 11) is 0. The van der Waals surface area contributed by atoms with E-state index in [1.54, 1.807) is 12.3 Å². The van der Waals surface area contributed by atoms with Gasteiger partial charge in [-0.1, -0.05) is 30.3 Å². The lowest BCUT2D eigenvalue weighted by Crippen LogP contribution is -2.28. The Balaban J connectivity index is 1.75. The molecule has 1 aromatic heterocycles. The first-order valence-corrected chi connectivity index (χ1v) is 7.69. The maximum absolute atomic E-state index is 12.1. The highest BCUT2D eigenvalue weighted by Crippen LogP contribution is 2.19. The van der Waals surface area contributed by atoms with Gasteiger partial charge >= 0.3 is 0 Å². The summed E-state index contributed by atoms with van der Waals surface area (Å²) in [5.74, 6) is 0.483. The van der Waals surface area contributed by atoms with Crippen LogP contribution in [-0.4, -0.2) is 28.5 Å². The highest BCUT2D eigenvalue weighted by atomic mass is 16.2. The molecule has 0 spiro atoms. The van der Waals surface area contributed by atoms with E-state index in [0.29, 0.717) is 17.7 Å². The van der Waals surface area contributed by atoms with Gasteiger partial charge in [0, 0.05) is 25.3 Å². The number of anilines is 1. The zero-order valence-electron chi connectivity index (χ0n) is 12.7. The fourth-order valence-electron chi connectivity index (χ4n) is 2.24. The molecule has 0 unspecified atom stereocenters. The van der Waals surface area contributed by atoms with Crippen LogP contribution in [0.5, 0.6) is 0 Å². The van der Waals surface area contributed by atoms with E-state index in [9.17, 15) is 4.79 Å². The van der Waals surface area contributed by atoms with E-state index in [2.05, 4.69) is 39.2 Å². The molecule has 1 N–H and O–H groups in total. The predicted octanol–water partition coefficient (Wildman–Crippen LogP) is 2.40. The summed E-state index contributed by atoms with van der Waals surface area (Å²) in [5, 5.41) is 2.96. The van der Waals surface area contributed by atoms with Crippen molar-refractivity contribution in [3.05, 3.63) is 53.9 Å². The number of carbonyl (C=O) groups is 1. The molecule has 1 aromatic carbocycles. The molecule has 1 heterocycles. The number of nitrogens with one attached hydrogen (secondary N) is 1. The van der Waals surface area contributed by atoms with Gasteiger partial charge < -0.3 is 10.2 Å². The molecule has 2 aromatic rings. The minimum absolute atomic E-state index is 0.109. The molecule has 22 heavy (non-hydrogen) atoms. The van der Waals surface area contributed by atoms with Crippen molar-refractivity contribution in [2.75, 3.05) is 11.4 Å². The van der Waals surface area contributed by atoms with E-state index in [1.807, 2.05) is 18.2 Å². The van der Waals surface area contributed by atoms with E-state index in [1.165, 1.54) is 5.56 Å². The SMILES string of the molecule is CCN(Cc1ccccc1)c1nccc(C(=O)NC2CC2)n1. The second-order valence-corrected chi connectivity index (χ2v) is 5.49. The van der Waals surface area contributed by atoms with Crippen molar-refractivity contribution in [3.8, 4) is 0 Å². The van der Waals surface area contributed by atoms with Crippen molar-refractivity contribution in [1.29, 1.82) is 0 Å². The summed E-state index contributed by atoms with van der Waals surface area (Å²) < 4.78 is 0. The van der Waals surface area contributed by atoms with Gasteiger partial charge in [-0.15, -0.1) is 0 Å². The molecule has 3 rings (SSSR count). The van der Waals surface area contributed by atoms with Crippen LogP contribution >= 0.6 is 0 Å². The molecule has 1 saturated carbocycles. The van der Waals surface area contributed by atoms with Crippen molar-refractivity contribution in [3.63, 3.8) is 0 Å². The lowest BCUT2D eigenvalue weighted by Gasteiger charge is -2.21. The van der Waals surface area contributed by atoms with Gasteiger partial charge in [0.15, 0.2) is 0 Å². The Morgan fingerprint density at radius 1 is 1.27 bits per heavy atom. The first kappa shape index (κ1) is 14.5. The number of benzene rings is 1. The topological polar surface area (TPSA) is 58.1 Å². The number of aromatic nitrogens is 2. The Kier molecular flexibility index (Phi) is 4.32. The Hall–Kier alpha value is -2.43. The third kappa shape index (κ3) is 3.61. The number of nitrogens with zero attached hydrogens (tertiary/aromatic N) is 3. The van der Waals surface area contributed by atoms with Crippen LogP contribution in [0.3, 0.4) is 0 Å². The fourth-order valence-corrected chi connectivity index (χ4v) is 2.24. The maximum Gasteiger partial charge on any atom is 0.270 e. The molecule has 1 amide bonds. The molecule has 0 atom stereocenters. The lowest BCUT2D eigenvalue weighted by atomic mass is 10.2. The Labute approximate surface area is 130 Å². The van der Waals surface area contributed by atoms with E-state index in [-0.39, 0.29) is 5.91 Å². The molecule has 5 heteroatoms. The van der Waals surface area contributed by atoms with Crippen LogP contribution in [-0.2, 0) is 6.54 Å².